The molecule has 1 atom stereocenters. The van der Waals surface area contributed by atoms with Gasteiger partial charge >= 0.3 is 0 Å². The van der Waals surface area contributed by atoms with Crippen LogP contribution in [0.15, 0.2) is 29.2 Å². The molecule has 0 spiro atoms. The van der Waals surface area contributed by atoms with Crippen molar-refractivity contribution in [3.63, 3.8) is 0 Å². The number of halogens is 2. The molecule has 1 rings (SSSR count). The van der Waals surface area contributed by atoms with Crippen LogP contribution >= 0.6 is 43.6 Å². The molecule has 0 N–H and O–H groups in total. The lowest BCUT2D eigenvalue weighted by molar-refractivity contribution is 0.222. The number of benzene rings is 1. The van der Waals surface area contributed by atoms with E-state index >= 15 is 0 Å². The Labute approximate surface area is 162 Å². The molecule has 1 aromatic rings. The maximum absolute atomic E-state index is 12.5. The van der Waals surface area contributed by atoms with Crippen LogP contribution in [0.4, 0.5) is 4.79 Å². The number of carbonyl (C=O) groups is 1. The third-order valence-corrected chi connectivity index (χ3v) is 6.78. The summed E-state index contributed by atoms with van der Waals surface area (Å²) in [6.45, 7) is 8.17. The fraction of sp³-hybridized carbons (Fsp3) is 0.611. The lowest BCUT2D eigenvalue weighted by Crippen LogP contribution is -2.31. The maximum Gasteiger partial charge on any atom is 0.286 e. The maximum atomic E-state index is 12.5. The molecule has 0 aliphatic rings. The highest BCUT2D eigenvalue weighted by molar-refractivity contribution is 9.12. The van der Waals surface area contributed by atoms with Gasteiger partial charge in [0.25, 0.3) is 5.24 Å². The van der Waals surface area contributed by atoms with Gasteiger partial charge in [-0.3, -0.25) is 4.79 Å². The van der Waals surface area contributed by atoms with E-state index in [1.165, 1.54) is 17.3 Å². The molecule has 0 fully saturated rings. The minimum atomic E-state index is 0.151. The van der Waals surface area contributed by atoms with Crippen molar-refractivity contribution in [1.82, 2.24) is 4.90 Å². The van der Waals surface area contributed by atoms with Gasteiger partial charge in [0.2, 0.25) is 0 Å². The first-order valence-corrected chi connectivity index (χ1v) is 11.1. The lowest BCUT2D eigenvalue weighted by Gasteiger charge is -2.22. The number of nitrogens with zero attached hydrogens (tertiary/aromatic N) is 1. The SMILES string of the molecule is CCCN(CCC(Br)CBr)C(=O)Sc1ccc(CC(C)C)cc1. The van der Waals surface area contributed by atoms with Gasteiger partial charge < -0.3 is 4.90 Å². The lowest BCUT2D eigenvalue weighted by atomic mass is 10.0. The molecule has 0 aliphatic heterocycles. The fourth-order valence-corrected chi connectivity index (χ4v) is 3.58. The summed E-state index contributed by atoms with van der Waals surface area (Å²) >= 11 is 8.41. The molecular formula is C18H27Br2NOS. The molecule has 0 radical (unpaired) electrons. The molecule has 0 aliphatic carbocycles. The predicted octanol–water partition coefficient (Wildman–Crippen LogP) is 6.36. The van der Waals surface area contributed by atoms with Crippen molar-refractivity contribution in [2.24, 2.45) is 5.92 Å². The number of amides is 1. The molecule has 1 amide bonds. The van der Waals surface area contributed by atoms with E-state index < -0.39 is 0 Å². The Kier molecular flexibility index (Phi) is 10.6. The average Bonchev–Trinajstić information content (AvgIpc) is 2.52. The third-order valence-electron chi connectivity index (χ3n) is 3.40. The van der Waals surface area contributed by atoms with Gasteiger partial charge in [0.1, 0.15) is 0 Å². The number of carbonyl (C=O) groups excluding carboxylic acids is 1. The summed E-state index contributed by atoms with van der Waals surface area (Å²) in [4.78, 5) is 15.9. The van der Waals surface area contributed by atoms with Crippen LogP contribution in [0.2, 0.25) is 0 Å². The van der Waals surface area contributed by atoms with Crippen molar-refractivity contribution in [1.29, 1.82) is 0 Å². The molecule has 1 unspecified atom stereocenters. The summed E-state index contributed by atoms with van der Waals surface area (Å²) < 4.78 is 0. The van der Waals surface area contributed by atoms with E-state index in [0.717, 1.165) is 42.6 Å². The highest BCUT2D eigenvalue weighted by Gasteiger charge is 2.15. The van der Waals surface area contributed by atoms with Gasteiger partial charge in [-0.25, -0.2) is 0 Å². The van der Waals surface area contributed by atoms with Gasteiger partial charge in [-0.1, -0.05) is 64.8 Å². The van der Waals surface area contributed by atoms with Crippen LogP contribution in [0, 0.1) is 5.92 Å². The average molecular weight is 465 g/mol. The topological polar surface area (TPSA) is 20.3 Å². The number of hydrogen-bond donors (Lipinski definition) is 0. The van der Waals surface area contributed by atoms with Crippen LogP contribution in [0.25, 0.3) is 0 Å². The Morgan fingerprint density at radius 1 is 1.22 bits per heavy atom. The Hall–Kier alpha value is 0. The number of rotatable bonds is 9. The van der Waals surface area contributed by atoms with Crippen LogP contribution in [0.5, 0.6) is 0 Å². The number of thioether (sulfide) groups is 1. The van der Waals surface area contributed by atoms with Crippen LogP contribution in [0.3, 0.4) is 0 Å². The normalized spacial score (nSPS) is 12.4. The van der Waals surface area contributed by atoms with Gasteiger partial charge in [-0.15, -0.1) is 0 Å². The van der Waals surface area contributed by atoms with Crippen molar-refractivity contribution < 1.29 is 4.79 Å². The second-order valence-corrected chi connectivity index (χ2v) is 9.10. The molecule has 5 heteroatoms. The molecule has 130 valence electrons. The van der Waals surface area contributed by atoms with Gasteiger partial charge in [-0.2, -0.15) is 0 Å². The van der Waals surface area contributed by atoms with Crippen LogP contribution in [0.1, 0.15) is 39.2 Å². The zero-order valence-corrected chi connectivity index (χ0v) is 18.2. The zero-order chi connectivity index (χ0) is 17.2. The molecule has 1 aromatic carbocycles. The third kappa shape index (κ3) is 8.59. The minimum absolute atomic E-state index is 0.151. The molecule has 2 nitrogen and oxygen atoms in total. The van der Waals surface area contributed by atoms with Gasteiger partial charge in [0.05, 0.1) is 0 Å². The van der Waals surface area contributed by atoms with E-state index in [-0.39, 0.29) is 5.24 Å². The van der Waals surface area contributed by atoms with Crippen LogP contribution in [-0.2, 0) is 6.42 Å². The minimum Gasteiger partial charge on any atom is -0.333 e. The first-order chi connectivity index (χ1) is 11.0. The Bertz CT molecular complexity index is 465. The van der Waals surface area contributed by atoms with Crippen molar-refractivity contribution in [2.45, 2.75) is 49.8 Å². The Morgan fingerprint density at radius 3 is 2.39 bits per heavy atom. The first-order valence-electron chi connectivity index (χ1n) is 8.22. The standard InChI is InChI=1S/C18H27Br2NOS/c1-4-10-21(11-9-16(20)13-19)18(22)23-17-7-5-15(6-8-17)12-14(2)3/h5-8,14,16H,4,9-13H2,1-3H3. The molecular weight excluding hydrogens is 438 g/mol. The monoisotopic (exact) mass is 463 g/mol. The van der Waals surface area contributed by atoms with E-state index in [9.17, 15) is 4.79 Å². The summed E-state index contributed by atoms with van der Waals surface area (Å²) in [5.41, 5.74) is 1.33. The predicted molar refractivity (Wildman–Crippen MR) is 109 cm³/mol. The summed E-state index contributed by atoms with van der Waals surface area (Å²) in [5, 5.41) is 1.06. The van der Waals surface area contributed by atoms with Gasteiger partial charge in [-0.05, 0) is 54.6 Å². The summed E-state index contributed by atoms with van der Waals surface area (Å²) in [6, 6.07) is 8.41. The van der Waals surface area contributed by atoms with E-state index in [4.69, 9.17) is 0 Å². The first kappa shape index (κ1) is 21.0. The number of hydrogen-bond acceptors (Lipinski definition) is 2. The zero-order valence-electron chi connectivity index (χ0n) is 14.2. The highest BCUT2D eigenvalue weighted by atomic mass is 79.9. The summed E-state index contributed by atoms with van der Waals surface area (Å²) in [5.74, 6) is 0.654. The second kappa shape index (κ2) is 11.5. The molecule has 0 saturated heterocycles. The smallest absolute Gasteiger partial charge is 0.286 e. The molecule has 0 heterocycles. The van der Waals surface area contributed by atoms with E-state index in [1.54, 1.807) is 0 Å². The number of alkyl halides is 2. The van der Waals surface area contributed by atoms with Crippen LogP contribution < -0.4 is 0 Å². The molecule has 0 saturated carbocycles. The van der Waals surface area contributed by atoms with E-state index in [1.807, 2.05) is 4.90 Å². The quantitative estimate of drug-likeness (QED) is 0.313. The molecule has 23 heavy (non-hydrogen) atoms. The van der Waals surface area contributed by atoms with Gasteiger partial charge in [0.15, 0.2) is 0 Å². The van der Waals surface area contributed by atoms with Crippen molar-refractivity contribution >= 4 is 48.9 Å². The van der Waals surface area contributed by atoms with Crippen molar-refractivity contribution in [2.75, 3.05) is 18.4 Å². The summed E-state index contributed by atoms with van der Waals surface area (Å²) in [6.07, 6.45) is 3.03. The summed E-state index contributed by atoms with van der Waals surface area (Å²) in [7, 11) is 0. The highest BCUT2D eigenvalue weighted by Crippen LogP contribution is 2.23. The second-order valence-electron chi connectivity index (χ2n) is 6.14. The largest absolute Gasteiger partial charge is 0.333 e. The molecule has 0 aromatic heterocycles. The fourth-order valence-electron chi connectivity index (χ4n) is 2.27. The van der Waals surface area contributed by atoms with Crippen molar-refractivity contribution in [3.05, 3.63) is 29.8 Å². The Balaban J connectivity index is 2.59. The van der Waals surface area contributed by atoms with E-state index in [2.05, 4.69) is 76.9 Å². The van der Waals surface area contributed by atoms with E-state index in [0.29, 0.717) is 10.7 Å². The molecule has 0 bridgehead atoms. The van der Waals surface area contributed by atoms with Crippen LogP contribution in [-0.4, -0.2) is 33.4 Å². The Morgan fingerprint density at radius 2 is 1.87 bits per heavy atom. The van der Waals surface area contributed by atoms with Gasteiger partial charge in [0, 0.05) is 28.1 Å². The van der Waals surface area contributed by atoms with Crippen molar-refractivity contribution in [3.8, 4) is 0 Å².